The van der Waals surface area contributed by atoms with Gasteiger partial charge < -0.3 is 42.8 Å². The molecule has 0 radical (unpaired) electrons. The van der Waals surface area contributed by atoms with Crippen molar-refractivity contribution in [2.24, 2.45) is 17.4 Å². The number of hydrogen-bond acceptors (Lipinski definition) is 7. The molecule has 0 saturated carbocycles. The fourth-order valence-corrected chi connectivity index (χ4v) is 5.65. The molecule has 0 saturated heterocycles. The number of aromatic amines is 1. The molecule has 1 heterocycles. The summed E-state index contributed by atoms with van der Waals surface area (Å²) in [6.45, 7) is 3.48. The first kappa shape index (κ1) is 37.1. The van der Waals surface area contributed by atoms with Crippen molar-refractivity contribution in [2.75, 3.05) is 6.54 Å². The number of rotatable bonds is 17. The molecule has 264 valence electrons. The highest BCUT2D eigenvalue weighted by atomic mass is 16.3. The van der Waals surface area contributed by atoms with Crippen LogP contribution in [0.1, 0.15) is 37.0 Å². The fourth-order valence-electron chi connectivity index (χ4n) is 5.65. The molecule has 10 N–H and O–H groups in total. The number of H-pyrrole nitrogens is 1. The second-order valence-electron chi connectivity index (χ2n) is 12.7. The van der Waals surface area contributed by atoms with Crippen molar-refractivity contribution in [3.8, 4) is 5.75 Å². The van der Waals surface area contributed by atoms with Crippen LogP contribution < -0.4 is 32.7 Å². The van der Waals surface area contributed by atoms with Gasteiger partial charge in [0.25, 0.3) is 0 Å². The Morgan fingerprint density at radius 3 is 1.84 bits per heavy atom. The Bertz CT molecular complexity index is 1770. The first-order valence-corrected chi connectivity index (χ1v) is 16.5. The molecule has 0 bridgehead atoms. The Morgan fingerprint density at radius 2 is 1.22 bits per heavy atom. The van der Waals surface area contributed by atoms with E-state index in [1.807, 2.05) is 44.2 Å². The average molecular weight is 684 g/mol. The van der Waals surface area contributed by atoms with Crippen LogP contribution in [0.15, 0.2) is 85.1 Å². The minimum Gasteiger partial charge on any atom is -0.508 e. The molecule has 4 aromatic rings. The van der Waals surface area contributed by atoms with E-state index in [0.717, 1.165) is 22.0 Å². The lowest BCUT2D eigenvalue weighted by atomic mass is 9.99. The molecule has 13 heteroatoms. The molecule has 3 aromatic carbocycles. The maximum atomic E-state index is 14.2. The second kappa shape index (κ2) is 17.6. The molecule has 0 fully saturated rings. The lowest BCUT2D eigenvalue weighted by molar-refractivity contribution is -0.134. The lowest BCUT2D eigenvalue weighted by Gasteiger charge is -2.27. The predicted octanol–water partition coefficient (Wildman–Crippen LogP) is 1.33. The van der Waals surface area contributed by atoms with Gasteiger partial charge in [-0.1, -0.05) is 74.5 Å². The van der Waals surface area contributed by atoms with Crippen LogP contribution in [0.2, 0.25) is 0 Å². The van der Waals surface area contributed by atoms with Crippen LogP contribution >= 0.6 is 0 Å². The summed E-state index contributed by atoms with van der Waals surface area (Å²) in [4.78, 5) is 69.5. The van der Waals surface area contributed by atoms with Gasteiger partial charge in [-0.05, 0) is 47.2 Å². The average Bonchev–Trinajstić information content (AvgIpc) is 3.50. The van der Waals surface area contributed by atoms with Gasteiger partial charge in [0.15, 0.2) is 0 Å². The Morgan fingerprint density at radius 1 is 0.680 bits per heavy atom. The minimum atomic E-state index is -1.21. The van der Waals surface area contributed by atoms with E-state index in [4.69, 9.17) is 11.5 Å². The summed E-state index contributed by atoms with van der Waals surface area (Å²) < 4.78 is 0. The van der Waals surface area contributed by atoms with Crippen LogP contribution in [-0.4, -0.2) is 70.3 Å². The number of nitrogens with one attached hydrogen (secondary N) is 5. The highest BCUT2D eigenvalue weighted by Crippen LogP contribution is 2.20. The maximum absolute atomic E-state index is 14.2. The Labute approximate surface area is 290 Å². The summed E-state index contributed by atoms with van der Waals surface area (Å²) >= 11 is 0. The lowest BCUT2D eigenvalue weighted by Crippen LogP contribution is -2.59. The number of phenolic OH excluding ortho intramolecular Hbond substituents is 1. The molecule has 1 aromatic heterocycles. The first-order chi connectivity index (χ1) is 23.9. The van der Waals surface area contributed by atoms with Crippen LogP contribution in [-0.2, 0) is 43.2 Å². The van der Waals surface area contributed by atoms with Gasteiger partial charge in [0.05, 0.1) is 6.54 Å². The molecule has 5 amide bonds. The topological polar surface area (TPSA) is 222 Å². The van der Waals surface area contributed by atoms with Crippen LogP contribution in [0.5, 0.6) is 5.75 Å². The normalized spacial score (nSPS) is 13.5. The van der Waals surface area contributed by atoms with Crippen molar-refractivity contribution in [1.29, 1.82) is 0 Å². The monoisotopic (exact) mass is 683 g/mol. The number of benzene rings is 3. The molecule has 0 aliphatic heterocycles. The molecule has 0 aliphatic rings. The van der Waals surface area contributed by atoms with Crippen LogP contribution in [0.4, 0.5) is 0 Å². The van der Waals surface area contributed by atoms with Gasteiger partial charge in [-0.15, -0.1) is 0 Å². The van der Waals surface area contributed by atoms with E-state index in [0.29, 0.717) is 12.0 Å². The van der Waals surface area contributed by atoms with Crippen LogP contribution in [0.3, 0.4) is 0 Å². The van der Waals surface area contributed by atoms with Gasteiger partial charge in [0, 0.05) is 36.4 Å². The summed E-state index contributed by atoms with van der Waals surface area (Å²) in [5.41, 5.74) is 14.1. The molecule has 50 heavy (non-hydrogen) atoms. The minimum absolute atomic E-state index is 0.00897. The molecular formula is C37H45N7O6. The largest absolute Gasteiger partial charge is 0.508 e. The number of fused-ring (bicyclic) bond motifs is 1. The van der Waals surface area contributed by atoms with Gasteiger partial charge in [-0.3, -0.25) is 24.0 Å². The van der Waals surface area contributed by atoms with Crippen molar-refractivity contribution >= 4 is 40.4 Å². The van der Waals surface area contributed by atoms with Crippen molar-refractivity contribution in [1.82, 2.24) is 26.3 Å². The van der Waals surface area contributed by atoms with Crippen LogP contribution in [0.25, 0.3) is 10.9 Å². The summed E-state index contributed by atoms with van der Waals surface area (Å²) in [6, 6.07) is 18.2. The number of amides is 5. The standard InChI is InChI=1S/C37H45N7O6/c1-22(2)16-30(41-33(46)20-38)35(48)44-32(19-25-21-40-28-11-7-6-10-27(25)28)37(50)43-31(18-24-12-14-26(45)15-13-24)36(49)42-29(34(39)47)17-23-8-4-3-5-9-23/h3-15,21-22,29-32,40,45H,16-20,38H2,1-2H3,(H2,39,47)(H,41,46)(H,42,49)(H,43,50)(H,44,48). The van der Waals surface area contributed by atoms with Crippen molar-refractivity contribution in [2.45, 2.75) is 63.7 Å². The van der Waals surface area contributed by atoms with E-state index in [-0.39, 0.29) is 37.5 Å². The van der Waals surface area contributed by atoms with Gasteiger partial charge in [-0.2, -0.15) is 0 Å². The molecule has 0 spiro atoms. The van der Waals surface area contributed by atoms with Gasteiger partial charge in [0.1, 0.15) is 29.9 Å². The number of phenols is 1. The smallest absolute Gasteiger partial charge is 0.243 e. The van der Waals surface area contributed by atoms with Crippen molar-refractivity contribution in [3.63, 3.8) is 0 Å². The summed E-state index contributed by atoms with van der Waals surface area (Å²) in [5, 5.41) is 21.6. The zero-order valence-corrected chi connectivity index (χ0v) is 28.1. The van der Waals surface area contributed by atoms with Gasteiger partial charge in [0.2, 0.25) is 29.5 Å². The highest BCUT2D eigenvalue weighted by Gasteiger charge is 2.32. The summed E-state index contributed by atoms with van der Waals surface area (Å²) in [6.07, 6.45) is 2.21. The summed E-state index contributed by atoms with van der Waals surface area (Å²) in [5.74, 6) is -3.15. The predicted molar refractivity (Wildman–Crippen MR) is 189 cm³/mol. The van der Waals surface area contributed by atoms with E-state index in [2.05, 4.69) is 26.3 Å². The van der Waals surface area contributed by atoms with Crippen molar-refractivity contribution in [3.05, 3.63) is 102 Å². The van der Waals surface area contributed by atoms with E-state index >= 15 is 0 Å². The quantitative estimate of drug-likeness (QED) is 0.0815. The zero-order chi connectivity index (χ0) is 36.2. The number of para-hydroxylation sites is 1. The summed E-state index contributed by atoms with van der Waals surface area (Å²) in [7, 11) is 0. The van der Waals surface area contributed by atoms with E-state index in [9.17, 15) is 29.1 Å². The van der Waals surface area contributed by atoms with Gasteiger partial charge in [-0.25, -0.2) is 0 Å². The number of nitrogens with two attached hydrogens (primary N) is 2. The number of aromatic nitrogens is 1. The number of hydrogen-bond donors (Lipinski definition) is 8. The third-order valence-electron chi connectivity index (χ3n) is 8.23. The fraction of sp³-hybridized carbons (Fsp3) is 0.324. The Kier molecular flexibility index (Phi) is 13.1. The van der Waals surface area contributed by atoms with Crippen LogP contribution in [0, 0.1) is 5.92 Å². The third kappa shape index (κ3) is 10.7. The molecule has 13 nitrogen and oxygen atoms in total. The van der Waals surface area contributed by atoms with Gasteiger partial charge >= 0.3 is 0 Å². The van der Waals surface area contributed by atoms with E-state index in [1.165, 1.54) is 12.1 Å². The Hall–Kier alpha value is -5.69. The third-order valence-corrected chi connectivity index (χ3v) is 8.23. The number of aromatic hydroxyl groups is 1. The number of carbonyl (C=O) groups excluding carboxylic acids is 5. The highest BCUT2D eigenvalue weighted by molar-refractivity contribution is 5.96. The van der Waals surface area contributed by atoms with E-state index < -0.39 is 53.7 Å². The zero-order valence-electron chi connectivity index (χ0n) is 28.1. The van der Waals surface area contributed by atoms with E-state index in [1.54, 1.807) is 42.6 Å². The second-order valence-corrected chi connectivity index (χ2v) is 12.7. The SMILES string of the molecule is CC(C)CC(NC(=O)CN)C(=O)NC(Cc1c[nH]c2ccccc12)C(=O)NC(Cc1ccc(O)cc1)C(=O)NC(Cc1ccccc1)C(N)=O. The molecule has 4 rings (SSSR count). The Balaban J connectivity index is 1.64. The molecular weight excluding hydrogens is 638 g/mol. The number of carbonyl (C=O) groups is 5. The molecule has 4 unspecified atom stereocenters. The first-order valence-electron chi connectivity index (χ1n) is 16.5. The molecule has 0 aliphatic carbocycles. The molecule has 4 atom stereocenters. The van der Waals surface area contributed by atoms with Crippen molar-refractivity contribution < 1.29 is 29.1 Å². The maximum Gasteiger partial charge on any atom is 0.243 e. The number of primary amides is 1.